The van der Waals surface area contributed by atoms with Crippen LogP contribution >= 0.6 is 0 Å². The van der Waals surface area contributed by atoms with Gasteiger partial charge in [-0.3, -0.25) is 4.79 Å². The van der Waals surface area contributed by atoms with Crippen LogP contribution in [0.15, 0.2) is 12.2 Å². The van der Waals surface area contributed by atoms with E-state index in [1.165, 1.54) is 186 Å². The third-order valence-electron chi connectivity index (χ3n) is 9.76. The van der Waals surface area contributed by atoms with E-state index in [4.69, 9.17) is 0 Å². The minimum atomic E-state index is -0.558. The third-order valence-corrected chi connectivity index (χ3v) is 9.76. The van der Waals surface area contributed by atoms with Gasteiger partial charge < -0.3 is 5.11 Å². The molecule has 0 aliphatic carbocycles. The van der Waals surface area contributed by atoms with Crippen molar-refractivity contribution in [3.05, 3.63) is 12.2 Å². The molecule has 0 bridgehead atoms. The largest absolute Gasteiger partial charge is 0.481 e. The van der Waals surface area contributed by atoms with E-state index in [9.17, 15) is 9.90 Å². The minimum absolute atomic E-state index is 0.121. The van der Waals surface area contributed by atoms with Gasteiger partial charge in [-0.15, -0.1) is 0 Å². The van der Waals surface area contributed by atoms with Crippen molar-refractivity contribution in [2.24, 2.45) is 11.8 Å². The molecule has 2 heteroatoms. The van der Waals surface area contributed by atoms with Gasteiger partial charge in [-0.1, -0.05) is 206 Å². The monoisotopic (exact) mass is 605 g/mol. The molecule has 2 unspecified atom stereocenters. The van der Waals surface area contributed by atoms with Gasteiger partial charge in [-0.2, -0.15) is 0 Å². The molecule has 2 nitrogen and oxygen atoms in total. The lowest BCUT2D eigenvalue weighted by atomic mass is 9.88. The Bertz CT molecular complexity index is 568. The number of allylic oxidation sites excluding steroid dienone is 2. The van der Waals surface area contributed by atoms with E-state index in [1.807, 2.05) is 0 Å². The number of carboxylic acids is 1. The molecule has 0 aromatic carbocycles. The van der Waals surface area contributed by atoms with Crippen LogP contribution in [0.3, 0.4) is 0 Å². The first kappa shape index (κ1) is 42.2. The Morgan fingerprint density at radius 3 is 1.05 bits per heavy atom. The first-order valence-electron chi connectivity index (χ1n) is 20.0. The Kier molecular flexibility index (Phi) is 35.0. The van der Waals surface area contributed by atoms with Crippen molar-refractivity contribution in [1.82, 2.24) is 0 Å². The molecule has 256 valence electrons. The molecule has 0 saturated carbocycles. The molecule has 0 aliphatic heterocycles. The fourth-order valence-corrected chi connectivity index (χ4v) is 6.71. The van der Waals surface area contributed by atoms with Gasteiger partial charge in [0.25, 0.3) is 0 Å². The second-order valence-electron chi connectivity index (χ2n) is 14.0. The summed E-state index contributed by atoms with van der Waals surface area (Å²) in [4.78, 5) is 11.9. The second-order valence-corrected chi connectivity index (χ2v) is 14.0. The molecule has 43 heavy (non-hydrogen) atoms. The lowest BCUT2D eigenvalue weighted by Gasteiger charge is -2.17. The molecule has 0 heterocycles. The Morgan fingerprint density at radius 1 is 0.419 bits per heavy atom. The van der Waals surface area contributed by atoms with Gasteiger partial charge in [-0.25, -0.2) is 0 Å². The van der Waals surface area contributed by atoms with Gasteiger partial charge in [0.15, 0.2) is 0 Å². The van der Waals surface area contributed by atoms with E-state index in [1.54, 1.807) is 0 Å². The summed E-state index contributed by atoms with van der Waals surface area (Å²) in [5.41, 5.74) is 0. The lowest BCUT2D eigenvalue weighted by Crippen LogP contribution is -2.13. The maximum atomic E-state index is 11.9. The lowest BCUT2D eigenvalue weighted by molar-refractivity contribution is -0.142. The molecule has 0 fully saturated rings. The summed E-state index contributed by atoms with van der Waals surface area (Å²) in [6, 6.07) is 0. The molecular weight excluding hydrogens is 524 g/mol. The summed E-state index contributed by atoms with van der Waals surface area (Å²) >= 11 is 0. The Labute approximate surface area is 272 Å². The predicted molar refractivity (Wildman–Crippen MR) is 193 cm³/mol. The fraction of sp³-hybridized carbons (Fsp3) is 0.927. The van der Waals surface area contributed by atoms with Gasteiger partial charge >= 0.3 is 5.97 Å². The van der Waals surface area contributed by atoms with Crippen LogP contribution in [-0.4, -0.2) is 11.1 Å². The van der Waals surface area contributed by atoms with E-state index in [0.29, 0.717) is 0 Å². The summed E-state index contributed by atoms with van der Waals surface area (Å²) in [6.07, 6.45) is 48.1. The smallest absolute Gasteiger partial charge is 0.306 e. The standard InChI is InChI=1S/C41H80O2/c1-4-7-10-13-15-17-18-19-20-21-22-24-27-32-37-40(41(42)43)38-33-28-31-36-39(34-29-25-12-9-6-3)35-30-26-23-16-14-11-8-5-2/h19-20,39-40H,4-18,21-38H2,1-3H3,(H,42,43). The Hall–Kier alpha value is -0.790. The summed E-state index contributed by atoms with van der Waals surface area (Å²) in [5.74, 6) is 0.226. The summed E-state index contributed by atoms with van der Waals surface area (Å²) in [5, 5.41) is 9.77. The molecule has 0 aliphatic rings. The molecule has 0 aromatic rings. The van der Waals surface area contributed by atoms with Crippen molar-refractivity contribution in [3.8, 4) is 0 Å². The van der Waals surface area contributed by atoms with Crippen LogP contribution in [0.25, 0.3) is 0 Å². The van der Waals surface area contributed by atoms with Crippen LogP contribution in [0, 0.1) is 11.8 Å². The number of hydrogen-bond acceptors (Lipinski definition) is 1. The Morgan fingerprint density at radius 2 is 0.698 bits per heavy atom. The topological polar surface area (TPSA) is 37.3 Å². The van der Waals surface area contributed by atoms with Crippen molar-refractivity contribution in [3.63, 3.8) is 0 Å². The highest BCUT2D eigenvalue weighted by atomic mass is 16.4. The van der Waals surface area contributed by atoms with Crippen LogP contribution < -0.4 is 0 Å². The van der Waals surface area contributed by atoms with Gasteiger partial charge in [0.1, 0.15) is 0 Å². The third kappa shape index (κ3) is 32.4. The maximum absolute atomic E-state index is 11.9. The van der Waals surface area contributed by atoms with Gasteiger partial charge in [0.2, 0.25) is 0 Å². The van der Waals surface area contributed by atoms with E-state index in [2.05, 4.69) is 32.9 Å². The normalized spacial score (nSPS) is 13.2. The van der Waals surface area contributed by atoms with E-state index >= 15 is 0 Å². The zero-order valence-corrected chi connectivity index (χ0v) is 30.0. The van der Waals surface area contributed by atoms with Crippen molar-refractivity contribution in [1.29, 1.82) is 0 Å². The highest BCUT2D eigenvalue weighted by molar-refractivity contribution is 5.69. The molecule has 0 saturated heterocycles. The summed E-state index contributed by atoms with van der Waals surface area (Å²) in [7, 11) is 0. The van der Waals surface area contributed by atoms with Crippen molar-refractivity contribution in [2.45, 2.75) is 233 Å². The molecule has 0 aromatic heterocycles. The number of hydrogen-bond donors (Lipinski definition) is 1. The number of rotatable bonds is 36. The minimum Gasteiger partial charge on any atom is -0.481 e. The van der Waals surface area contributed by atoms with Crippen LogP contribution in [0.4, 0.5) is 0 Å². The molecule has 2 atom stereocenters. The highest BCUT2D eigenvalue weighted by Crippen LogP contribution is 2.26. The number of aliphatic carboxylic acids is 1. The first-order valence-corrected chi connectivity index (χ1v) is 20.0. The molecule has 0 spiro atoms. The van der Waals surface area contributed by atoms with Crippen molar-refractivity contribution < 1.29 is 9.90 Å². The molecule has 0 rings (SSSR count). The first-order chi connectivity index (χ1) is 21.2. The van der Waals surface area contributed by atoms with Crippen LogP contribution in [0.5, 0.6) is 0 Å². The Balaban J connectivity index is 4.00. The zero-order chi connectivity index (χ0) is 31.5. The quantitative estimate of drug-likeness (QED) is 0.0570. The SMILES string of the molecule is CCCCCCCCC=CCCCCCCC(CCCCCC(CCCCCCC)CCCCCCCCCC)C(=O)O. The van der Waals surface area contributed by atoms with Gasteiger partial charge in [-0.05, 0) is 44.4 Å². The second kappa shape index (κ2) is 35.7. The van der Waals surface area contributed by atoms with E-state index in [0.717, 1.165) is 31.6 Å². The molecule has 1 N–H and O–H groups in total. The number of carbonyl (C=O) groups is 1. The summed E-state index contributed by atoms with van der Waals surface area (Å²) in [6.45, 7) is 6.88. The van der Waals surface area contributed by atoms with E-state index in [-0.39, 0.29) is 5.92 Å². The average Bonchev–Trinajstić information content (AvgIpc) is 3.00. The number of carboxylic acid groups (broad SMARTS) is 1. The number of unbranched alkanes of at least 4 members (excludes halogenated alkanes) is 23. The molecular formula is C41H80O2. The van der Waals surface area contributed by atoms with Crippen molar-refractivity contribution >= 4 is 5.97 Å². The van der Waals surface area contributed by atoms with E-state index < -0.39 is 5.97 Å². The van der Waals surface area contributed by atoms with Crippen LogP contribution in [0.2, 0.25) is 0 Å². The van der Waals surface area contributed by atoms with Crippen molar-refractivity contribution in [2.75, 3.05) is 0 Å². The molecule has 0 amide bonds. The molecule has 0 radical (unpaired) electrons. The summed E-state index contributed by atoms with van der Waals surface area (Å²) < 4.78 is 0. The highest BCUT2D eigenvalue weighted by Gasteiger charge is 2.16. The average molecular weight is 605 g/mol. The predicted octanol–water partition coefficient (Wildman–Crippen LogP) is 14.8. The maximum Gasteiger partial charge on any atom is 0.306 e. The van der Waals surface area contributed by atoms with Crippen LogP contribution in [0.1, 0.15) is 233 Å². The van der Waals surface area contributed by atoms with Gasteiger partial charge in [0.05, 0.1) is 5.92 Å². The van der Waals surface area contributed by atoms with Crippen LogP contribution in [-0.2, 0) is 4.79 Å². The van der Waals surface area contributed by atoms with Gasteiger partial charge in [0, 0.05) is 0 Å². The fourth-order valence-electron chi connectivity index (χ4n) is 6.71. The zero-order valence-electron chi connectivity index (χ0n) is 30.0.